The monoisotopic (exact) mass is 557 g/mol. The summed E-state index contributed by atoms with van der Waals surface area (Å²) in [6, 6.07) is 1.32. The topological polar surface area (TPSA) is 158 Å². The number of Topliss-reactive ketones (excluding diaryl/α,β-unsaturated/α-hetero) is 4. The molecule has 2 saturated carbocycles. The summed E-state index contributed by atoms with van der Waals surface area (Å²) in [4.78, 5) is 70.1. The van der Waals surface area contributed by atoms with Crippen LogP contribution in [0, 0.1) is 23.7 Å². The number of amides is 1. The summed E-state index contributed by atoms with van der Waals surface area (Å²) in [5, 5.41) is 23.0. The van der Waals surface area contributed by atoms with Gasteiger partial charge >= 0.3 is 0 Å². The van der Waals surface area contributed by atoms with Crippen molar-refractivity contribution in [1.29, 1.82) is 0 Å². The summed E-state index contributed by atoms with van der Waals surface area (Å²) < 4.78 is 0. The summed E-state index contributed by atoms with van der Waals surface area (Å²) in [6.07, 6.45) is 4.70. The molecule has 0 aromatic heterocycles. The lowest BCUT2D eigenvalue weighted by Crippen LogP contribution is -2.74. The van der Waals surface area contributed by atoms with Crippen LogP contribution in [0.4, 0.5) is 0 Å². The Kier molecular flexibility index (Phi) is 6.08. The average Bonchev–Trinajstić information content (AvgIpc) is 3.43. The van der Waals surface area contributed by atoms with Gasteiger partial charge in [-0.3, -0.25) is 33.8 Å². The van der Waals surface area contributed by atoms with Gasteiger partial charge in [0.05, 0.1) is 17.5 Å². The highest BCUT2D eigenvalue weighted by Gasteiger charge is 2.69. The number of rotatable bonds is 4. The summed E-state index contributed by atoms with van der Waals surface area (Å²) >= 11 is 6.88. The molecule has 0 spiro atoms. The third-order valence-electron chi connectivity index (χ3n) is 10.0. The molecule has 4 fully saturated rings. The molecule has 2 unspecified atom stereocenters. The lowest BCUT2D eigenvalue weighted by molar-refractivity contribution is -0.181. The number of phenolic OH excluding ortho intramolecular Hbond substituents is 1. The van der Waals surface area contributed by atoms with Gasteiger partial charge in [-0.25, -0.2) is 0 Å². The number of primary amides is 1. The smallest absolute Gasteiger partial charge is 0.235 e. The number of nitrogens with two attached hydrogens (primary N) is 1. The second-order valence-corrected chi connectivity index (χ2v) is 12.5. The van der Waals surface area contributed by atoms with Crippen molar-refractivity contribution in [3.05, 3.63) is 27.8 Å². The first kappa shape index (κ1) is 26.6. The Balaban J connectivity index is 1.40. The highest BCUT2D eigenvalue weighted by Crippen LogP contribution is 2.52. The summed E-state index contributed by atoms with van der Waals surface area (Å²) in [7, 11) is 3.11. The van der Waals surface area contributed by atoms with E-state index in [9.17, 15) is 34.2 Å². The predicted molar refractivity (Wildman–Crippen MR) is 138 cm³/mol. The number of carbonyl (C=O) groups excluding carboxylic acids is 5. The van der Waals surface area contributed by atoms with Gasteiger partial charge in [0.1, 0.15) is 5.75 Å². The molecule has 6 atom stereocenters. The van der Waals surface area contributed by atoms with Gasteiger partial charge in [-0.1, -0.05) is 11.6 Å². The second-order valence-electron chi connectivity index (χ2n) is 12.1. The Morgan fingerprint density at radius 2 is 1.74 bits per heavy atom. The minimum absolute atomic E-state index is 0.00147. The number of likely N-dealkylation sites (N-methyl/N-ethyl adjacent to an activating group) is 1. The van der Waals surface area contributed by atoms with Crippen molar-refractivity contribution in [2.45, 2.75) is 68.8 Å². The number of fused-ring (bicyclic) bond motifs is 5. The van der Waals surface area contributed by atoms with Gasteiger partial charge in [0.2, 0.25) is 5.91 Å². The van der Waals surface area contributed by atoms with Crippen LogP contribution in [0.15, 0.2) is 6.07 Å². The van der Waals surface area contributed by atoms with E-state index in [1.165, 1.54) is 11.0 Å². The SMILES string of the molecule is CN(C)[C@@H]1C(=O)C(C(N)=O)C(=O)[C@@]2(O)C(=O)C3C(=O)c4c(O)cc(CN5C6CCC5CC6)c(Cl)c4C[C@H]3C[C@@H]12. The predicted octanol–water partition coefficient (Wildman–Crippen LogP) is 0.647. The fraction of sp³-hybridized carbons (Fsp3) is 0.607. The molecular formula is C28H32ClN3O7. The van der Waals surface area contributed by atoms with E-state index in [-0.39, 0.29) is 24.2 Å². The maximum Gasteiger partial charge on any atom is 0.235 e. The molecule has 2 aliphatic heterocycles. The van der Waals surface area contributed by atoms with Gasteiger partial charge in [0, 0.05) is 29.6 Å². The summed E-state index contributed by atoms with van der Waals surface area (Å²) in [5.41, 5.74) is 3.72. The fourth-order valence-electron chi connectivity index (χ4n) is 8.30. The average molecular weight is 558 g/mol. The van der Waals surface area contributed by atoms with Crippen molar-refractivity contribution in [2.24, 2.45) is 29.4 Å². The third kappa shape index (κ3) is 3.54. The van der Waals surface area contributed by atoms with Crippen LogP contribution in [0.5, 0.6) is 5.75 Å². The van der Waals surface area contributed by atoms with Crippen molar-refractivity contribution in [3.63, 3.8) is 0 Å². The van der Waals surface area contributed by atoms with Gasteiger partial charge in [-0.05, 0) is 75.7 Å². The number of carbonyl (C=O) groups is 5. The molecular weight excluding hydrogens is 526 g/mol. The Morgan fingerprint density at radius 3 is 2.31 bits per heavy atom. The van der Waals surface area contributed by atoms with Gasteiger partial charge in [-0.15, -0.1) is 0 Å². The van der Waals surface area contributed by atoms with Gasteiger partial charge < -0.3 is 15.9 Å². The van der Waals surface area contributed by atoms with Crippen molar-refractivity contribution in [3.8, 4) is 5.75 Å². The van der Waals surface area contributed by atoms with Crippen molar-refractivity contribution in [1.82, 2.24) is 9.80 Å². The number of phenols is 1. The first-order chi connectivity index (χ1) is 18.4. The van der Waals surface area contributed by atoms with Crippen molar-refractivity contribution >= 4 is 40.6 Å². The van der Waals surface area contributed by atoms with Crippen LogP contribution in [0.3, 0.4) is 0 Å². The summed E-state index contributed by atoms with van der Waals surface area (Å²) in [5.74, 6) is -10.6. The Morgan fingerprint density at radius 1 is 1.13 bits per heavy atom. The van der Waals surface area contributed by atoms with E-state index in [0.29, 0.717) is 29.2 Å². The lowest BCUT2D eigenvalue weighted by atomic mass is 9.52. The van der Waals surface area contributed by atoms with E-state index in [0.717, 1.165) is 31.2 Å². The molecule has 2 saturated heterocycles. The standard InChI is InChI=1S/C28H32ClN3O7/c1-31(2)22-16-8-11-7-15-19(17(33)9-12(21(15)29)10-32-13-3-4-14(32)6-5-13)23(34)18(11)25(36)28(16,39)26(37)20(24(22)35)27(30)38/h9,11,13-14,16,18,20,22,33,39H,3-8,10H2,1-2H3,(H2,30,38)/t11-,13?,14?,16-,18?,20?,22-,28-/m0/s1. The molecule has 10 nitrogen and oxygen atoms in total. The molecule has 3 aliphatic carbocycles. The van der Waals surface area contributed by atoms with Gasteiger partial charge in [0.15, 0.2) is 34.7 Å². The van der Waals surface area contributed by atoms with E-state index in [4.69, 9.17) is 17.3 Å². The van der Waals surface area contributed by atoms with Crippen LogP contribution < -0.4 is 5.73 Å². The fourth-order valence-corrected chi connectivity index (χ4v) is 8.58. The molecule has 2 heterocycles. The minimum atomic E-state index is -2.73. The van der Waals surface area contributed by atoms with Gasteiger partial charge in [0.25, 0.3) is 0 Å². The third-order valence-corrected chi connectivity index (χ3v) is 10.5. The maximum atomic E-state index is 13.9. The van der Waals surface area contributed by atoms with E-state index in [1.807, 2.05) is 0 Å². The molecule has 1 aromatic carbocycles. The lowest BCUT2D eigenvalue weighted by Gasteiger charge is -2.52. The molecule has 1 amide bonds. The molecule has 0 radical (unpaired) electrons. The van der Waals surface area contributed by atoms with Crippen LogP contribution in [0.1, 0.15) is 53.6 Å². The molecule has 5 aliphatic rings. The Hall–Kier alpha value is -2.66. The Bertz CT molecular complexity index is 1320. The highest BCUT2D eigenvalue weighted by atomic mass is 35.5. The first-order valence-corrected chi connectivity index (χ1v) is 13.9. The van der Waals surface area contributed by atoms with Crippen LogP contribution >= 0.6 is 11.6 Å². The van der Waals surface area contributed by atoms with E-state index < -0.39 is 64.4 Å². The Labute approximate surface area is 230 Å². The minimum Gasteiger partial charge on any atom is -0.507 e. The van der Waals surface area contributed by atoms with Gasteiger partial charge in [-0.2, -0.15) is 0 Å². The number of hydrogen-bond acceptors (Lipinski definition) is 9. The zero-order chi connectivity index (χ0) is 28.1. The quantitative estimate of drug-likeness (QED) is 0.452. The highest BCUT2D eigenvalue weighted by molar-refractivity contribution is 6.34. The van der Waals surface area contributed by atoms with Crippen molar-refractivity contribution in [2.75, 3.05) is 14.1 Å². The van der Waals surface area contributed by atoms with Crippen LogP contribution in [-0.4, -0.2) is 86.9 Å². The number of ketones is 4. The summed E-state index contributed by atoms with van der Waals surface area (Å²) in [6.45, 7) is 0.554. The zero-order valence-corrected chi connectivity index (χ0v) is 22.6. The molecule has 39 heavy (non-hydrogen) atoms. The number of benzene rings is 1. The van der Waals surface area contributed by atoms with Crippen LogP contribution in [-0.2, 0) is 32.1 Å². The zero-order valence-electron chi connectivity index (χ0n) is 21.9. The number of aromatic hydroxyl groups is 1. The van der Waals surface area contributed by atoms with Crippen LogP contribution in [0.25, 0.3) is 0 Å². The molecule has 2 bridgehead atoms. The molecule has 1 aromatic rings. The number of hydrogen-bond donors (Lipinski definition) is 3. The number of aliphatic hydroxyl groups is 1. The molecule has 4 N–H and O–H groups in total. The first-order valence-electron chi connectivity index (χ1n) is 13.5. The number of nitrogens with zero attached hydrogens (tertiary/aromatic N) is 2. The number of halogens is 1. The molecule has 6 rings (SSSR count). The molecule has 11 heteroatoms. The van der Waals surface area contributed by atoms with Crippen LogP contribution in [0.2, 0.25) is 5.02 Å². The maximum absolute atomic E-state index is 13.9. The molecule has 208 valence electrons. The van der Waals surface area contributed by atoms with E-state index in [2.05, 4.69) is 4.90 Å². The largest absolute Gasteiger partial charge is 0.507 e. The van der Waals surface area contributed by atoms with E-state index in [1.54, 1.807) is 14.1 Å². The van der Waals surface area contributed by atoms with Crippen molar-refractivity contribution < 1.29 is 34.2 Å². The second kappa shape index (κ2) is 8.92. The normalized spacial score (nSPS) is 37.7. The van der Waals surface area contributed by atoms with E-state index >= 15 is 0 Å².